The molecule has 0 aliphatic rings. The third kappa shape index (κ3) is 3.70. The van der Waals surface area contributed by atoms with Crippen molar-refractivity contribution in [3.63, 3.8) is 0 Å². The molecule has 0 atom stereocenters. The van der Waals surface area contributed by atoms with E-state index < -0.39 is 0 Å². The van der Waals surface area contributed by atoms with E-state index in [0.717, 1.165) is 27.7 Å². The van der Waals surface area contributed by atoms with Crippen LogP contribution in [0, 0.1) is 0 Å². The third-order valence-electron chi connectivity index (χ3n) is 2.89. The van der Waals surface area contributed by atoms with Crippen molar-refractivity contribution in [2.75, 3.05) is 6.26 Å². The molecule has 107 valence electrons. The predicted molar refractivity (Wildman–Crippen MR) is 82.5 cm³/mol. The normalized spacial score (nSPS) is 9.95. The van der Waals surface area contributed by atoms with Crippen LogP contribution in [0.4, 0.5) is 0 Å². The van der Waals surface area contributed by atoms with E-state index in [1.165, 1.54) is 0 Å². The van der Waals surface area contributed by atoms with E-state index in [2.05, 4.69) is 33.3 Å². The Morgan fingerprint density at radius 2 is 1.29 bits per heavy atom. The van der Waals surface area contributed by atoms with Crippen molar-refractivity contribution in [1.82, 2.24) is 15.0 Å². The molecule has 0 saturated heterocycles. The molecule has 0 aliphatic heterocycles. The largest absolute Gasteiger partial charge is 2.00 e. The molecular weight excluding hydrogens is 330 g/mol. The Morgan fingerprint density at radius 3 is 1.67 bits per heavy atom. The molecule has 3 heterocycles. The van der Waals surface area contributed by atoms with Crippen molar-refractivity contribution in [2.24, 2.45) is 0 Å². The summed E-state index contributed by atoms with van der Waals surface area (Å²) in [6.45, 7) is 0. The van der Waals surface area contributed by atoms with Crippen LogP contribution in [0.15, 0.2) is 65.8 Å². The Bertz CT molecular complexity index is 647. The van der Waals surface area contributed by atoms with Crippen LogP contribution >= 0.6 is 11.8 Å². The number of hydrogen-bond donors (Lipinski definition) is 0. The summed E-state index contributed by atoms with van der Waals surface area (Å²) in [5.41, 5.74) is 3.50. The zero-order valence-electron chi connectivity index (χ0n) is 11.3. The average Bonchev–Trinajstić information content (AvgIpc) is 2.56. The van der Waals surface area contributed by atoms with Crippen LogP contribution in [-0.4, -0.2) is 21.2 Å². The van der Waals surface area contributed by atoms with Crippen molar-refractivity contribution in [3.8, 4) is 22.8 Å². The van der Waals surface area contributed by atoms with Crippen molar-refractivity contribution in [3.05, 3.63) is 60.9 Å². The van der Waals surface area contributed by atoms with Crippen LogP contribution in [0.5, 0.6) is 0 Å². The molecule has 0 unspecified atom stereocenters. The van der Waals surface area contributed by atoms with Crippen LogP contribution < -0.4 is 0 Å². The molecule has 3 rings (SSSR count). The summed E-state index contributed by atoms with van der Waals surface area (Å²) in [6.07, 6.45) is 5.62. The van der Waals surface area contributed by atoms with Crippen LogP contribution in [0.25, 0.3) is 22.8 Å². The Morgan fingerprint density at radius 1 is 0.762 bits per heavy atom. The first-order valence-electron chi connectivity index (χ1n) is 6.26. The minimum absolute atomic E-state index is 0. The molecule has 0 spiro atoms. The SMILES string of the molecule is CSc1cc(-c2ccccn2)nc(-c2ccccn2)c1.[Cu+2]. The molecule has 0 N–H and O–H groups in total. The smallest absolute Gasteiger partial charge is 0.255 e. The van der Waals surface area contributed by atoms with Gasteiger partial charge in [0.1, 0.15) is 0 Å². The average molecular weight is 343 g/mol. The molecule has 3 nitrogen and oxygen atoms in total. The molecule has 0 aliphatic carbocycles. The fourth-order valence-corrected chi connectivity index (χ4v) is 2.37. The van der Waals surface area contributed by atoms with Gasteiger partial charge in [0.15, 0.2) is 0 Å². The van der Waals surface area contributed by atoms with Gasteiger partial charge in [0.25, 0.3) is 0 Å². The fraction of sp³-hybridized carbons (Fsp3) is 0.0625. The standard InChI is InChI=1S/C16H13N3S.Cu/c1-20-12-10-15(13-6-2-4-8-17-13)19-16(11-12)14-7-3-5-9-18-14;/h2-11H,1H3;/q;+2. The van der Waals surface area contributed by atoms with Crippen molar-refractivity contribution in [2.45, 2.75) is 4.90 Å². The van der Waals surface area contributed by atoms with Crippen molar-refractivity contribution >= 4 is 11.8 Å². The summed E-state index contributed by atoms with van der Waals surface area (Å²) in [7, 11) is 0. The monoisotopic (exact) mass is 342 g/mol. The van der Waals surface area contributed by atoms with Gasteiger partial charge in [-0.15, -0.1) is 11.8 Å². The van der Waals surface area contributed by atoms with Gasteiger partial charge in [0.05, 0.1) is 22.8 Å². The number of rotatable bonds is 3. The number of pyridine rings is 3. The number of aromatic nitrogens is 3. The molecule has 3 aromatic heterocycles. The topological polar surface area (TPSA) is 38.7 Å². The van der Waals surface area contributed by atoms with Gasteiger partial charge >= 0.3 is 17.1 Å². The van der Waals surface area contributed by atoms with Gasteiger partial charge in [-0.3, -0.25) is 9.97 Å². The van der Waals surface area contributed by atoms with Gasteiger partial charge in [-0.1, -0.05) is 12.1 Å². The Labute approximate surface area is 138 Å². The fourth-order valence-electron chi connectivity index (χ4n) is 1.91. The van der Waals surface area contributed by atoms with Gasteiger partial charge in [0.2, 0.25) is 0 Å². The molecule has 0 saturated carbocycles. The molecular formula is C16H13CuN3S+2. The van der Waals surface area contributed by atoms with E-state index in [0.29, 0.717) is 0 Å². The Balaban J connectivity index is 0.00000161. The summed E-state index contributed by atoms with van der Waals surface area (Å²) in [6, 6.07) is 15.8. The zero-order chi connectivity index (χ0) is 13.8. The van der Waals surface area contributed by atoms with Crippen LogP contribution in [0.2, 0.25) is 0 Å². The minimum Gasteiger partial charge on any atom is -0.255 e. The number of hydrogen-bond acceptors (Lipinski definition) is 4. The summed E-state index contributed by atoms with van der Waals surface area (Å²) in [4.78, 5) is 14.6. The molecule has 0 aromatic carbocycles. The first-order chi connectivity index (χ1) is 9.86. The summed E-state index contributed by atoms with van der Waals surface area (Å²) in [5.74, 6) is 0. The maximum atomic E-state index is 4.68. The maximum Gasteiger partial charge on any atom is 2.00 e. The van der Waals surface area contributed by atoms with Crippen molar-refractivity contribution < 1.29 is 17.1 Å². The van der Waals surface area contributed by atoms with E-state index >= 15 is 0 Å². The van der Waals surface area contributed by atoms with E-state index in [9.17, 15) is 0 Å². The predicted octanol–water partition coefficient (Wildman–Crippen LogP) is 3.93. The Kier molecular flexibility index (Phi) is 5.51. The second-order valence-electron chi connectivity index (χ2n) is 4.21. The Hall–Kier alpha value is -1.68. The quantitative estimate of drug-likeness (QED) is 0.534. The third-order valence-corrected chi connectivity index (χ3v) is 3.60. The second-order valence-corrected chi connectivity index (χ2v) is 5.09. The molecule has 0 fully saturated rings. The zero-order valence-corrected chi connectivity index (χ0v) is 13.1. The number of thioether (sulfide) groups is 1. The molecule has 5 heteroatoms. The minimum atomic E-state index is 0. The van der Waals surface area contributed by atoms with Crippen LogP contribution in [-0.2, 0) is 17.1 Å². The molecule has 0 bridgehead atoms. The second kappa shape index (κ2) is 7.36. The summed E-state index contributed by atoms with van der Waals surface area (Å²) in [5, 5.41) is 0. The van der Waals surface area contributed by atoms with E-state index in [1.807, 2.05) is 36.4 Å². The first kappa shape index (κ1) is 15.7. The molecule has 21 heavy (non-hydrogen) atoms. The van der Waals surface area contributed by atoms with Gasteiger partial charge in [-0.05, 0) is 42.7 Å². The van der Waals surface area contributed by atoms with Gasteiger partial charge in [-0.2, -0.15) is 0 Å². The van der Waals surface area contributed by atoms with E-state index in [4.69, 9.17) is 0 Å². The molecule has 0 amide bonds. The molecule has 1 radical (unpaired) electrons. The van der Waals surface area contributed by atoms with Crippen LogP contribution in [0.1, 0.15) is 0 Å². The van der Waals surface area contributed by atoms with Crippen molar-refractivity contribution in [1.29, 1.82) is 0 Å². The van der Waals surface area contributed by atoms with Crippen LogP contribution in [0.3, 0.4) is 0 Å². The van der Waals surface area contributed by atoms with E-state index in [-0.39, 0.29) is 17.1 Å². The molecule has 3 aromatic rings. The maximum absolute atomic E-state index is 4.68. The summed E-state index contributed by atoms with van der Waals surface area (Å²) < 4.78 is 0. The van der Waals surface area contributed by atoms with Gasteiger partial charge < -0.3 is 0 Å². The van der Waals surface area contributed by atoms with E-state index in [1.54, 1.807) is 24.2 Å². The summed E-state index contributed by atoms with van der Waals surface area (Å²) >= 11 is 1.69. The van der Waals surface area contributed by atoms with Gasteiger partial charge in [0, 0.05) is 17.3 Å². The number of nitrogens with zero attached hydrogens (tertiary/aromatic N) is 3. The van der Waals surface area contributed by atoms with Gasteiger partial charge in [-0.25, -0.2) is 4.98 Å². The first-order valence-corrected chi connectivity index (χ1v) is 7.48.